The van der Waals surface area contributed by atoms with Crippen molar-refractivity contribution < 1.29 is 19.4 Å². The molecule has 3 rings (SSSR count). The van der Waals surface area contributed by atoms with E-state index in [1.807, 2.05) is 11.4 Å². The molecule has 0 fully saturated rings. The molecule has 2 aromatic rings. The van der Waals surface area contributed by atoms with E-state index < -0.39 is 0 Å². The molecule has 2 amide bonds. The van der Waals surface area contributed by atoms with Gasteiger partial charge in [0, 0.05) is 29.8 Å². The molecule has 1 aromatic heterocycles. The fraction of sp³-hybridized carbons (Fsp3) is 0.353. The molecule has 0 saturated carbocycles. The number of aliphatic hydroxyl groups is 1. The van der Waals surface area contributed by atoms with Gasteiger partial charge >= 0.3 is 6.03 Å². The Morgan fingerprint density at radius 3 is 2.92 bits per heavy atom. The van der Waals surface area contributed by atoms with E-state index in [2.05, 4.69) is 16.7 Å². The van der Waals surface area contributed by atoms with E-state index in [0.29, 0.717) is 30.2 Å². The number of nitrogens with one attached hydrogen (secondary N) is 2. The van der Waals surface area contributed by atoms with Crippen LogP contribution in [-0.4, -0.2) is 31.1 Å². The van der Waals surface area contributed by atoms with Crippen LogP contribution < -0.4 is 20.1 Å². The Morgan fingerprint density at radius 2 is 2.12 bits per heavy atom. The molecular weight excluding hydrogens is 328 g/mol. The van der Waals surface area contributed by atoms with Crippen LogP contribution in [-0.2, 0) is 0 Å². The van der Waals surface area contributed by atoms with Gasteiger partial charge in [-0.25, -0.2) is 4.79 Å². The van der Waals surface area contributed by atoms with Crippen molar-refractivity contribution in [3.8, 4) is 11.5 Å². The molecule has 0 unspecified atom stereocenters. The van der Waals surface area contributed by atoms with E-state index in [0.717, 1.165) is 6.42 Å². The second kappa shape index (κ2) is 8.03. The van der Waals surface area contributed by atoms with Crippen molar-refractivity contribution in [2.24, 2.45) is 0 Å². The van der Waals surface area contributed by atoms with Gasteiger partial charge in [0.05, 0.1) is 0 Å². The lowest BCUT2D eigenvalue weighted by atomic mass is 10.00. The van der Waals surface area contributed by atoms with Crippen molar-refractivity contribution in [3.63, 3.8) is 0 Å². The van der Waals surface area contributed by atoms with Crippen LogP contribution >= 0.6 is 11.3 Å². The number of rotatable bonds is 7. The van der Waals surface area contributed by atoms with E-state index in [1.54, 1.807) is 29.5 Å². The molecular formula is C17H20N2O4S. The average Bonchev–Trinajstić information content (AvgIpc) is 3.25. The lowest BCUT2D eigenvalue weighted by Gasteiger charge is -2.15. The van der Waals surface area contributed by atoms with Gasteiger partial charge in [-0.2, -0.15) is 0 Å². The SMILES string of the molecule is O=C(NCC[C@@H](CCO)c1cccs1)Nc1ccc2c(c1)OCO2. The third kappa shape index (κ3) is 4.18. The standard InChI is InChI=1S/C17H20N2O4S/c20-8-6-12(16-2-1-9-24-16)5-7-18-17(21)19-13-3-4-14-15(10-13)23-11-22-14/h1-4,9-10,12,20H,5-8,11H2,(H2,18,19,21)/t12-/m0/s1. The molecule has 128 valence electrons. The first-order valence-corrected chi connectivity index (χ1v) is 8.73. The lowest BCUT2D eigenvalue weighted by molar-refractivity contribution is 0.174. The highest BCUT2D eigenvalue weighted by Crippen LogP contribution is 2.34. The van der Waals surface area contributed by atoms with Crippen molar-refractivity contribution in [2.45, 2.75) is 18.8 Å². The topological polar surface area (TPSA) is 79.8 Å². The number of anilines is 1. The van der Waals surface area contributed by atoms with Crippen LogP contribution in [0.5, 0.6) is 11.5 Å². The normalized spacial score (nSPS) is 13.5. The molecule has 24 heavy (non-hydrogen) atoms. The van der Waals surface area contributed by atoms with Gasteiger partial charge < -0.3 is 25.2 Å². The monoisotopic (exact) mass is 348 g/mol. The number of ether oxygens (including phenoxy) is 2. The van der Waals surface area contributed by atoms with E-state index in [9.17, 15) is 9.90 Å². The van der Waals surface area contributed by atoms with Gasteiger partial charge in [0.2, 0.25) is 6.79 Å². The highest BCUT2D eigenvalue weighted by atomic mass is 32.1. The molecule has 1 aliphatic rings. The van der Waals surface area contributed by atoms with Gasteiger partial charge in [0.1, 0.15) is 0 Å². The Morgan fingerprint density at radius 1 is 1.25 bits per heavy atom. The van der Waals surface area contributed by atoms with Crippen molar-refractivity contribution in [1.29, 1.82) is 0 Å². The molecule has 0 aliphatic carbocycles. The minimum absolute atomic E-state index is 0.145. The zero-order chi connectivity index (χ0) is 16.8. The number of thiophene rings is 1. The molecule has 0 spiro atoms. The minimum atomic E-state index is -0.261. The second-order valence-electron chi connectivity index (χ2n) is 5.46. The van der Waals surface area contributed by atoms with Crippen LogP contribution in [0.3, 0.4) is 0 Å². The fourth-order valence-corrected chi connectivity index (χ4v) is 3.52. The molecule has 6 nitrogen and oxygen atoms in total. The van der Waals surface area contributed by atoms with Crippen LogP contribution in [0.4, 0.5) is 10.5 Å². The molecule has 7 heteroatoms. The van der Waals surface area contributed by atoms with Crippen LogP contribution in [0.2, 0.25) is 0 Å². The number of hydrogen-bond acceptors (Lipinski definition) is 5. The first-order chi connectivity index (χ1) is 11.8. The summed E-state index contributed by atoms with van der Waals surface area (Å²) in [6.45, 7) is 0.894. The third-order valence-electron chi connectivity index (χ3n) is 3.83. The number of urea groups is 1. The number of benzene rings is 1. The number of hydrogen-bond donors (Lipinski definition) is 3. The van der Waals surface area contributed by atoms with Gasteiger partial charge in [-0.3, -0.25) is 0 Å². The summed E-state index contributed by atoms with van der Waals surface area (Å²) in [4.78, 5) is 13.2. The zero-order valence-electron chi connectivity index (χ0n) is 13.2. The summed E-state index contributed by atoms with van der Waals surface area (Å²) in [6, 6.07) is 9.09. The van der Waals surface area contributed by atoms with E-state index in [4.69, 9.17) is 9.47 Å². The summed E-state index contributed by atoms with van der Waals surface area (Å²) in [5.41, 5.74) is 0.655. The van der Waals surface area contributed by atoms with E-state index in [1.165, 1.54) is 4.88 Å². The van der Waals surface area contributed by atoms with E-state index in [-0.39, 0.29) is 25.3 Å². The number of carbonyl (C=O) groups excluding carboxylic acids is 1. The highest BCUT2D eigenvalue weighted by molar-refractivity contribution is 7.10. The minimum Gasteiger partial charge on any atom is -0.454 e. The van der Waals surface area contributed by atoms with E-state index >= 15 is 0 Å². The largest absolute Gasteiger partial charge is 0.454 e. The molecule has 1 atom stereocenters. The summed E-state index contributed by atoms with van der Waals surface area (Å²) in [5, 5.41) is 16.9. The number of carbonyl (C=O) groups is 1. The number of aliphatic hydroxyl groups excluding tert-OH is 1. The van der Waals surface area contributed by atoms with Crippen molar-refractivity contribution in [1.82, 2.24) is 5.32 Å². The Balaban J connectivity index is 1.46. The number of amides is 2. The first-order valence-electron chi connectivity index (χ1n) is 7.85. The summed E-state index contributed by atoms with van der Waals surface area (Å²) >= 11 is 1.68. The maximum Gasteiger partial charge on any atom is 0.319 e. The molecule has 1 aromatic carbocycles. The molecule has 0 radical (unpaired) electrons. The zero-order valence-corrected chi connectivity index (χ0v) is 14.0. The highest BCUT2D eigenvalue weighted by Gasteiger charge is 2.15. The van der Waals surface area contributed by atoms with Gasteiger partial charge in [0.25, 0.3) is 0 Å². The van der Waals surface area contributed by atoms with Gasteiger partial charge in [-0.05, 0) is 42.3 Å². The Kier molecular flexibility index (Phi) is 5.55. The summed E-state index contributed by atoms with van der Waals surface area (Å²) in [5.74, 6) is 1.58. The average molecular weight is 348 g/mol. The van der Waals surface area contributed by atoms with Crippen molar-refractivity contribution >= 4 is 23.1 Å². The molecule has 2 heterocycles. The third-order valence-corrected chi connectivity index (χ3v) is 4.87. The van der Waals surface area contributed by atoms with Gasteiger partial charge in [-0.15, -0.1) is 11.3 Å². The van der Waals surface area contributed by atoms with Crippen LogP contribution in [0.1, 0.15) is 23.6 Å². The number of fused-ring (bicyclic) bond motifs is 1. The predicted molar refractivity (Wildman–Crippen MR) is 93.0 cm³/mol. The molecule has 3 N–H and O–H groups in total. The summed E-state index contributed by atoms with van der Waals surface area (Å²) in [6.07, 6.45) is 1.49. The van der Waals surface area contributed by atoms with Crippen molar-refractivity contribution in [2.75, 3.05) is 25.3 Å². The maximum absolute atomic E-state index is 12.0. The van der Waals surface area contributed by atoms with Gasteiger partial charge in [-0.1, -0.05) is 6.07 Å². The van der Waals surface area contributed by atoms with Crippen LogP contribution in [0.25, 0.3) is 0 Å². The predicted octanol–water partition coefficient (Wildman–Crippen LogP) is 3.15. The lowest BCUT2D eigenvalue weighted by Crippen LogP contribution is -2.30. The fourth-order valence-electron chi connectivity index (χ4n) is 2.62. The van der Waals surface area contributed by atoms with Crippen LogP contribution in [0, 0.1) is 0 Å². The Bertz CT molecular complexity index is 675. The van der Waals surface area contributed by atoms with Crippen LogP contribution in [0.15, 0.2) is 35.7 Å². The second-order valence-corrected chi connectivity index (χ2v) is 6.44. The molecule has 0 saturated heterocycles. The Hall–Kier alpha value is -2.25. The summed E-state index contributed by atoms with van der Waals surface area (Å²) < 4.78 is 10.5. The Labute approximate surface area is 144 Å². The quantitative estimate of drug-likeness (QED) is 0.718. The molecule has 1 aliphatic heterocycles. The van der Waals surface area contributed by atoms with Crippen molar-refractivity contribution in [3.05, 3.63) is 40.6 Å². The van der Waals surface area contributed by atoms with Gasteiger partial charge in [0.15, 0.2) is 11.5 Å². The smallest absolute Gasteiger partial charge is 0.319 e. The molecule has 0 bridgehead atoms. The summed E-state index contributed by atoms with van der Waals surface area (Å²) in [7, 11) is 0. The maximum atomic E-state index is 12.0. The first kappa shape index (κ1) is 16.6.